The fourth-order valence-electron chi connectivity index (χ4n) is 2.17. The fourth-order valence-corrected chi connectivity index (χ4v) is 2.17. The Labute approximate surface area is 89.6 Å². The number of hydrogen-bond donors (Lipinski definition) is 1. The second-order valence-electron chi connectivity index (χ2n) is 4.24. The highest BCUT2D eigenvalue weighted by Gasteiger charge is 2.31. The lowest BCUT2D eigenvalue weighted by Crippen LogP contribution is -2.30. The van der Waals surface area contributed by atoms with Crippen molar-refractivity contribution >= 4 is 0 Å². The van der Waals surface area contributed by atoms with Crippen LogP contribution in [0.15, 0.2) is 4.52 Å². The molecule has 0 radical (unpaired) electrons. The van der Waals surface area contributed by atoms with E-state index in [1.165, 1.54) is 6.42 Å². The van der Waals surface area contributed by atoms with Crippen molar-refractivity contribution in [2.24, 2.45) is 5.73 Å². The fraction of sp³-hybridized carbons (Fsp3) is 0.800. The third-order valence-electron chi connectivity index (χ3n) is 2.91. The Kier molecular flexibility index (Phi) is 3.02. The van der Waals surface area contributed by atoms with Crippen molar-refractivity contribution in [3.63, 3.8) is 0 Å². The molecule has 0 saturated carbocycles. The maximum Gasteiger partial charge on any atom is 0.240 e. The van der Waals surface area contributed by atoms with Gasteiger partial charge >= 0.3 is 0 Å². The normalized spacial score (nSPS) is 22.8. The van der Waals surface area contributed by atoms with Gasteiger partial charge in [-0.25, -0.2) is 0 Å². The predicted octanol–water partition coefficient (Wildman–Crippen LogP) is 1.07. The molecule has 1 aromatic rings. The van der Waals surface area contributed by atoms with Crippen molar-refractivity contribution in [3.05, 3.63) is 11.7 Å². The minimum atomic E-state index is 0.314. The Balaban J connectivity index is 2.15. The average molecular weight is 210 g/mol. The Hall–Kier alpha value is -0.940. The zero-order valence-corrected chi connectivity index (χ0v) is 9.31. The van der Waals surface area contributed by atoms with E-state index in [0.717, 1.165) is 18.8 Å². The van der Waals surface area contributed by atoms with Crippen molar-refractivity contribution in [2.75, 3.05) is 6.54 Å². The van der Waals surface area contributed by atoms with Crippen molar-refractivity contribution in [1.29, 1.82) is 0 Å². The molecule has 1 aliphatic heterocycles. The maximum absolute atomic E-state index is 5.45. The lowest BCUT2D eigenvalue weighted by atomic mass is 10.2. The molecule has 2 N–H and O–H groups in total. The van der Waals surface area contributed by atoms with Gasteiger partial charge in [0, 0.05) is 6.04 Å². The monoisotopic (exact) mass is 210 g/mol. The molecule has 1 unspecified atom stereocenters. The molecule has 0 amide bonds. The van der Waals surface area contributed by atoms with Crippen LogP contribution < -0.4 is 5.73 Å². The third kappa shape index (κ3) is 2.03. The highest BCUT2D eigenvalue weighted by molar-refractivity contribution is 4.98. The summed E-state index contributed by atoms with van der Waals surface area (Å²) >= 11 is 0. The quantitative estimate of drug-likeness (QED) is 0.808. The van der Waals surface area contributed by atoms with E-state index >= 15 is 0 Å². The zero-order chi connectivity index (χ0) is 10.8. The molecule has 1 saturated heterocycles. The number of nitrogens with two attached hydrogens (primary N) is 1. The van der Waals surface area contributed by atoms with Crippen LogP contribution in [0.2, 0.25) is 0 Å². The van der Waals surface area contributed by atoms with Gasteiger partial charge in [-0.3, -0.25) is 4.90 Å². The van der Waals surface area contributed by atoms with E-state index in [0.29, 0.717) is 24.5 Å². The number of likely N-dealkylation sites (tertiary alicyclic amines) is 1. The first-order valence-electron chi connectivity index (χ1n) is 5.50. The van der Waals surface area contributed by atoms with E-state index < -0.39 is 0 Å². The summed E-state index contributed by atoms with van der Waals surface area (Å²) < 4.78 is 5.04. The molecular formula is C10H18N4O. The van der Waals surface area contributed by atoms with Gasteiger partial charge in [-0.1, -0.05) is 5.16 Å². The summed E-state index contributed by atoms with van der Waals surface area (Å²) in [6.45, 7) is 5.83. The highest BCUT2D eigenvalue weighted by Crippen LogP contribution is 2.31. The summed E-state index contributed by atoms with van der Waals surface area (Å²) in [6.07, 6.45) is 2.32. The van der Waals surface area contributed by atoms with Gasteiger partial charge in [0.25, 0.3) is 0 Å². The van der Waals surface area contributed by atoms with Crippen LogP contribution in [0.1, 0.15) is 44.4 Å². The molecule has 2 rings (SSSR count). The lowest BCUT2D eigenvalue weighted by molar-refractivity contribution is 0.195. The first-order valence-corrected chi connectivity index (χ1v) is 5.50. The van der Waals surface area contributed by atoms with Crippen LogP contribution in [0.3, 0.4) is 0 Å². The average Bonchev–Trinajstić information content (AvgIpc) is 2.85. The Morgan fingerprint density at radius 1 is 1.60 bits per heavy atom. The van der Waals surface area contributed by atoms with Crippen LogP contribution in [0.25, 0.3) is 0 Å². The van der Waals surface area contributed by atoms with E-state index in [1.54, 1.807) is 0 Å². The van der Waals surface area contributed by atoms with Crippen LogP contribution >= 0.6 is 0 Å². The predicted molar refractivity (Wildman–Crippen MR) is 56.0 cm³/mol. The van der Waals surface area contributed by atoms with Gasteiger partial charge in [0.05, 0.1) is 12.6 Å². The van der Waals surface area contributed by atoms with Gasteiger partial charge in [0.2, 0.25) is 5.89 Å². The Morgan fingerprint density at radius 2 is 2.40 bits per heavy atom. The first-order chi connectivity index (χ1) is 7.22. The molecule has 5 heteroatoms. The molecule has 15 heavy (non-hydrogen) atoms. The number of aromatic nitrogens is 2. The zero-order valence-electron chi connectivity index (χ0n) is 9.31. The molecule has 0 spiro atoms. The van der Waals surface area contributed by atoms with E-state index in [9.17, 15) is 0 Å². The van der Waals surface area contributed by atoms with Crippen LogP contribution in [-0.4, -0.2) is 27.6 Å². The smallest absolute Gasteiger partial charge is 0.240 e. The van der Waals surface area contributed by atoms with Crippen LogP contribution in [0.5, 0.6) is 0 Å². The summed E-state index contributed by atoms with van der Waals surface area (Å²) in [6, 6.07) is 0.839. The van der Waals surface area contributed by atoms with Crippen molar-refractivity contribution in [1.82, 2.24) is 15.0 Å². The van der Waals surface area contributed by atoms with Gasteiger partial charge in [-0.2, -0.15) is 4.98 Å². The number of hydrogen-bond acceptors (Lipinski definition) is 5. The third-order valence-corrected chi connectivity index (χ3v) is 2.91. The van der Waals surface area contributed by atoms with Crippen LogP contribution in [0, 0.1) is 0 Å². The topological polar surface area (TPSA) is 68.2 Å². The van der Waals surface area contributed by atoms with E-state index in [4.69, 9.17) is 10.3 Å². The van der Waals surface area contributed by atoms with Crippen LogP contribution in [-0.2, 0) is 6.54 Å². The molecule has 84 valence electrons. The molecule has 0 bridgehead atoms. The van der Waals surface area contributed by atoms with Gasteiger partial charge in [-0.15, -0.1) is 0 Å². The van der Waals surface area contributed by atoms with E-state index in [-0.39, 0.29) is 0 Å². The molecule has 5 nitrogen and oxygen atoms in total. The Bertz CT molecular complexity index is 323. The van der Waals surface area contributed by atoms with Crippen molar-refractivity contribution < 1.29 is 4.52 Å². The standard InChI is InChI=1S/C10H18N4O/c1-7(2)14-5-3-4-8(14)10-12-9(6-11)15-13-10/h7-8H,3-6,11H2,1-2H3. The highest BCUT2D eigenvalue weighted by atomic mass is 16.5. The SMILES string of the molecule is CC(C)N1CCCC1c1noc(CN)n1. The van der Waals surface area contributed by atoms with Crippen molar-refractivity contribution in [3.8, 4) is 0 Å². The molecule has 1 aromatic heterocycles. The minimum Gasteiger partial charge on any atom is -0.338 e. The maximum atomic E-state index is 5.45. The lowest BCUT2D eigenvalue weighted by Gasteiger charge is -2.25. The summed E-state index contributed by atoms with van der Waals surface area (Å²) in [7, 11) is 0. The molecule has 2 heterocycles. The molecule has 0 aromatic carbocycles. The summed E-state index contributed by atoms with van der Waals surface area (Å²) in [5, 5.41) is 3.99. The summed E-state index contributed by atoms with van der Waals surface area (Å²) in [4.78, 5) is 6.71. The van der Waals surface area contributed by atoms with Gasteiger partial charge < -0.3 is 10.3 Å². The summed E-state index contributed by atoms with van der Waals surface area (Å²) in [5.74, 6) is 1.32. The minimum absolute atomic E-state index is 0.314. The van der Waals surface area contributed by atoms with E-state index in [1.807, 2.05) is 0 Å². The van der Waals surface area contributed by atoms with E-state index in [2.05, 4.69) is 28.9 Å². The molecule has 0 aliphatic carbocycles. The van der Waals surface area contributed by atoms with Gasteiger partial charge in [-0.05, 0) is 33.2 Å². The summed E-state index contributed by atoms with van der Waals surface area (Å²) in [5.41, 5.74) is 5.45. The number of nitrogens with zero attached hydrogens (tertiary/aromatic N) is 3. The molecule has 1 atom stereocenters. The van der Waals surface area contributed by atoms with Crippen molar-refractivity contribution in [2.45, 2.75) is 45.3 Å². The molecular weight excluding hydrogens is 192 g/mol. The molecule has 1 aliphatic rings. The first kappa shape index (κ1) is 10.6. The number of rotatable bonds is 3. The van der Waals surface area contributed by atoms with Gasteiger partial charge in [0.15, 0.2) is 5.82 Å². The van der Waals surface area contributed by atoms with Crippen LogP contribution in [0.4, 0.5) is 0 Å². The van der Waals surface area contributed by atoms with Gasteiger partial charge in [0.1, 0.15) is 0 Å². The second-order valence-corrected chi connectivity index (χ2v) is 4.24. The largest absolute Gasteiger partial charge is 0.338 e. The second kappa shape index (κ2) is 4.28. The Morgan fingerprint density at radius 3 is 3.00 bits per heavy atom. The molecule has 1 fully saturated rings.